The van der Waals surface area contributed by atoms with Gasteiger partial charge in [0.15, 0.2) is 5.11 Å². The van der Waals surface area contributed by atoms with Crippen molar-refractivity contribution in [3.8, 4) is 11.3 Å². The first-order valence-corrected chi connectivity index (χ1v) is 11.2. The van der Waals surface area contributed by atoms with Crippen LogP contribution in [0.5, 0.6) is 0 Å². The first-order valence-electron chi connectivity index (χ1n) is 10.1. The van der Waals surface area contributed by atoms with Gasteiger partial charge in [0.2, 0.25) is 0 Å². The molecular formula is C23H21Cl2N3O3S. The number of pyridine rings is 1. The minimum absolute atomic E-state index is 0.207. The van der Waals surface area contributed by atoms with Gasteiger partial charge in [0.05, 0.1) is 23.9 Å². The van der Waals surface area contributed by atoms with Crippen molar-refractivity contribution in [1.82, 2.24) is 15.2 Å². The number of ether oxygens (including phenoxy) is 1. The Morgan fingerprint density at radius 2 is 2.09 bits per heavy atom. The largest absolute Gasteiger partial charge is 0.469 e. The summed E-state index contributed by atoms with van der Waals surface area (Å²) in [5, 5.41) is 5.01. The molecule has 1 aromatic carbocycles. The van der Waals surface area contributed by atoms with Crippen LogP contribution in [0.4, 0.5) is 0 Å². The fourth-order valence-electron chi connectivity index (χ4n) is 3.80. The quantitative estimate of drug-likeness (QED) is 0.343. The lowest BCUT2D eigenvalue weighted by Crippen LogP contribution is -2.30. The van der Waals surface area contributed by atoms with Gasteiger partial charge >= 0.3 is 5.97 Å². The fourth-order valence-corrected chi connectivity index (χ4v) is 4.63. The Morgan fingerprint density at radius 3 is 2.81 bits per heavy atom. The molecule has 0 radical (unpaired) electrons. The van der Waals surface area contributed by atoms with Crippen LogP contribution in [0.25, 0.3) is 11.3 Å². The Morgan fingerprint density at radius 1 is 1.25 bits per heavy atom. The minimum atomic E-state index is -0.251. The Balaban J connectivity index is 1.66. The van der Waals surface area contributed by atoms with Gasteiger partial charge in [-0.2, -0.15) is 0 Å². The maximum Gasteiger partial charge on any atom is 0.305 e. The Kier molecular flexibility index (Phi) is 6.98. The van der Waals surface area contributed by atoms with E-state index in [1.807, 2.05) is 41.3 Å². The van der Waals surface area contributed by atoms with Crippen LogP contribution in [0, 0.1) is 0 Å². The lowest BCUT2D eigenvalue weighted by molar-refractivity contribution is -0.140. The number of rotatable bonds is 7. The second-order valence-corrected chi connectivity index (χ2v) is 8.56. The summed E-state index contributed by atoms with van der Waals surface area (Å²) < 4.78 is 11.0. The molecule has 32 heavy (non-hydrogen) atoms. The maximum absolute atomic E-state index is 11.6. The molecule has 0 bridgehead atoms. The minimum Gasteiger partial charge on any atom is -0.469 e. The molecule has 6 nitrogen and oxygen atoms in total. The molecule has 1 N–H and O–H groups in total. The summed E-state index contributed by atoms with van der Waals surface area (Å²) in [4.78, 5) is 18.1. The molecular weight excluding hydrogens is 469 g/mol. The molecule has 0 unspecified atom stereocenters. The zero-order valence-corrected chi connectivity index (χ0v) is 19.6. The van der Waals surface area contributed by atoms with Gasteiger partial charge in [0.25, 0.3) is 0 Å². The number of thiocarbonyl (C=S) groups is 1. The molecule has 3 heterocycles. The van der Waals surface area contributed by atoms with Gasteiger partial charge in [-0.1, -0.05) is 29.3 Å². The number of esters is 1. The molecule has 1 aliphatic rings. The van der Waals surface area contributed by atoms with E-state index >= 15 is 0 Å². The third kappa shape index (κ3) is 4.75. The fraction of sp³-hybridized carbons (Fsp3) is 0.261. The van der Waals surface area contributed by atoms with Gasteiger partial charge in [0, 0.05) is 29.7 Å². The number of aromatic nitrogens is 1. The molecule has 166 valence electrons. The van der Waals surface area contributed by atoms with Crippen LogP contribution >= 0.6 is 35.4 Å². The number of halogens is 2. The lowest BCUT2D eigenvalue weighted by Gasteiger charge is -2.25. The molecule has 0 aliphatic carbocycles. The molecule has 1 aliphatic heterocycles. The van der Waals surface area contributed by atoms with Crippen LogP contribution in [0.1, 0.15) is 36.4 Å². The van der Waals surface area contributed by atoms with Crippen molar-refractivity contribution in [2.75, 3.05) is 13.7 Å². The van der Waals surface area contributed by atoms with E-state index in [1.54, 1.807) is 18.3 Å². The summed E-state index contributed by atoms with van der Waals surface area (Å²) in [5.41, 5.74) is 1.60. The first-order chi connectivity index (χ1) is 15.5. The molecule has 2 aromatic heterocycles. The van der Waals surface area contributed by atoms with E-state index in [4.69, 9.17) is 44.6 Å². The normalized spacial score (nSPS) is 18.0. The average molecular weight is 490 g/mol. The predicted octanol–water partition coefficient (Wildman–Crippen LogP) is 5.57. The zero-order chi connectivity index (χ0) is 22.7. The van der Waals surface area contributed by atoms with Crippen molar-refractivity contribution in [2.45, 2.75) is 24.9 Å². The number of carbonyl (C=O) groups excluding carboxylic acids is 1. The van der Waals surface area contributed by atoms with E-state index in [1.165, 1.54) is 7.11 Å². The number of methoxy groups -OCH3 is 1. The number of hydrogen-bond donors (Lipinski definition) is 1. The molecule has 1 saturated heterocycles. The molecule has 9 heteroatoms. The van der Waals surface area contributed by atoms with Crippen LogP contribution in [0.15, 0.2) is 59.1 Å². The van der Waals surface area contributed by atoms with E-state index in [0.29, 0.717) is 46.1 Å². The number of furan rings is 1. The number of nitrogens with one attached hydrogen (secondary N) is 1. The van der Waals surface area contributed by atoms with Crippen molar-refractivity contribution >= 4 is 46.5 Å². The highest BCUT2D eigenvalue weighted by Crippen LogP contribution is 2.41. The molecule has 4 rings (SSSR count). The summed E-state index contributed by atoms with van der Waals surface area (Å²) >= 11 is 18.0. The number of nitrogens with zero attached hydrogens (tertiary/aromatic N) is 2. The van der Waals surface area contributed by atoms with E-state index in [9.17, 15) is 4.79 Å². The lowest BCUT2D eigenvalue weighted by atomic mass is 10.0. The van der Waals surface area contributed by atoms with Crippen LogP contribution < -0.4 is 5.32 Å². The average Bonchev–Trinajstić information content (AvgIpc) is 3.39. The van der Waals surface area contributed by atoms with E-state index in [0.717, 1.165) is 11.3 Å². The van der Waals surface area contributed by atoms with Crippen LogP contribution in [0.2, 0.25) is 10.0 Å². The van der Waals surface area contributed by atoms with Crippen molar-refractivity contribution in [3.63, 3.8) is 0 Å². The predicted molar refractivity (Wildman–Crippen MR) is 128 cm³/mol. The Labute approximate surface area is 201 Å². The number of carbonyl (C=O) groups is 1. The highest BCUT2D eigenvalue weighted by Gasteiger charge is 2.41. The standard InChI is InChI=1S/C23H21Cl2N3O3S/c1-30-20(29)6-4-12-28-22(21(27-23(28)32)17-5-2-3-11-26-17)19-10-9-18(31-19)15-8-7-14(24)13-16(15)25/h2-3,5,7-11,13,21-22H,4,6,12H2,1H3,(H,27,32)/t21-,22-/m0/s1. The van der Waals surface area contributed by atoms with Gasteiger partial charge in [-0.05, 0) is 61.1 Å². The Hall–Kier alpha value is -2.61. The van der Waals surface area contributed by atoms with E-state index in [-0.39, 0.29) is 18.1 Å². The monoisotopic (exact) mass is 489 g/mol. The molecule has 0 saturated carbocycles. The van der Waals surface area contributed by atoms with Gasteiger partial charge in [-0.15, -0.1) is 0 Å². The SMILES string of the molecule is COC(=O)CCCN1C(=S)N[C@@H](c2ccccn2)[C@@H]1c1ccc(-c2ccc(Cl)cc2Cl)o1. The number of benzene rings is 1. The third-order valence-electron chi connectivity index (χ3n) is 5.32. The molecule has 2 atom stereocenters. The van der Waals surface area contributed by atoms with Crippen molar-refractivity contribution in [3.05, 3.63) is 76.2 Å². The van der Waals surface area contributed by atoms with Crippen molar-refractivity contribution < 1.29 is 13.9 Å². The van der Waals surface area contributed by atoms with Gasteiger partial charge in [0.1, 0.15) is 17.6 Å². The smallest absolute Gasteiger partial charge is 0.305 e. The molecule has 0 amide bonds. The Bertz CT molecular complexity index is 1120. The highest BCUT2D eigenvalue weighted by atomic mass is 35.5. The molecule has 1 fully saturated rings. The summed E-state index contributed by atoms with van der Waals surface area (Å²) in [6.45, 7) is 0.562. The maximum atomic E-state index is 11.6. The summed E-state index contributed by atoms with van der Waals surface area (Å²) in [7, 11) is 1.39. The molecule has 0 spiro atoms. The summed E-state index contributed by atoms with van der Waals surface area (Å²) in [6, 6.07) is 14.4. The van der Waals surface area contributed by atoms with Crippen LogP contribution in [0.3, 0.4) is 0 Å². The highest BCUT2D eigenvalue weighted by molar-refractivity contribution is 7.80. The number of hydrogen-bond acceptors (Lipinski definition) is 5. The second-order valence-electron chi connectivity index (χ2n) is 7.33. The zero-order valence-electron chi connectivity index (χ0n) is 17.3. The van der Waals surface area contributed by atoms with Crippen LogP contribution in [-0.2, 0) is 9.53 Å². The van der Waals surface area contributed by atoms with E-state index in [2.05, 4.69) is 10.3 Å². The van der Waals surface area contributed by atoms with Crippen molar-refractivity contribution in [1.29, 1.82) is 0 Å². The van der Waals surface area contributed by atoms with Gasteiger partial charge < -0.3 is 19.4 Å². The van der Waals surface area contributed by atoms with E-state index < -0.39 is 0 Å². The van der Waals surface area contributed by atoms with Gasteiger partial charge in [-0.3, -0.25) is 9.78 Å². The summed E-state index contributed by atoms with van der Waals surface area (Å²) in [5.74, 6) is 1.10. The second kappa shape index (κ2) is 9.90. The topological polar surface area (TPSA) is 67.6 Å². The first kappa shape index (κ1) is 22.6. The van der Waals surface area contributed by atoms with Crippen molar-refractivity contribution in [2.24, 2.45) is 0 Å². The third-order valence-corrected chi connectivity index (χ3v) is 6.22. The van der Waals surface area contributed by atoms with Crippen LogP contribution in [-0.4, -0.2) is 34.6 Å². The molecule has 3 aromatic rings. The summed E-state index contributed by atoms with van der Waals surface area (Å²) in [6.07, 6.45) is 2.65. The van der Waals surface area contributed by atoms with Gasteiger partial charge in [-0.25, -0.2) is 0 Å².